The van der Waals surface area contributed by atoms with E-state index in [2.05, 4.69) is 15.3 Å². The van der Waals surface area contributed by atoms with Crippen LogP contribution in [0.2, 0.25) is 0 Å². The number of nitrogens with one attached hydrogen (secondary N) is 2. The molecule has 2 aromatic rings. The van der Waals surface area contributed by atoms with Gasteiger partial charge >= 0.3 is 6.03 Å². The van der Waals surface area contributed by atoms with Crippen LogP contribution in [0.3, 0.4) is 0 Å². The molecule has 0 atom stereocenters. The standard InChI is InChI=1S/C12H16N4O/c1-3-16(4-2)12(17)15-9-5-6-10-11(7-9)14-8-13-10/h5-8H,3-4H2,1-2H3,(H,13,14)(H,15,17). The van der Waals surface area contributed by atoms with E-state index in [0.29, 0.717) is 13.1 Å². The molecule has 0 aliphatic rings. The number of hydrogen-bond acceptors (Lipinski definition) is 2. The maximum Gasteiger partial charge on any atom is 0.321 e. The van der Waals surface area contributed by atoms with E-state index in [1.54, 1.807) is 11.2 Å². The fourth-order valence-electron chi connectivity index (χ4n) is 1.73. The lowest BCUT2D eigenvalue weighted by Gasteiger charge is -2.19. The lowest BCUT2D eigenvalue weighted by Crippen LogP contribution is -2.34. The molecule has 90 valence electrons. The molecule has 0 spiro atoms. The average molecular weight is 232 g/mol. The number of urea groups is 1. The van der Waals surface area contributed by atoms with Gasteiger partial charge in [-0.1, -0.05) is 0 Å². The third-order valence-electron chi connectivity index (χ3n) is 2.72. The first-order valence-electron chi connectivity index (χ1n) is 5.73. The molecule has 5 nitrogen and oxygen atoms in total. The number of aromatic amines is 1. The lowest BCUT2D eigenvalue weighted by molar-refractivity contribution is 0.217. The summed E-state index contributed by atoms with van der Waals surface area (Å²) < 4.78 is 0. The molecule has 0 radical (unpaired) electrons. The number of nitrogens with zero attached hydrogens (tertiary/aromatic N) is 2. The summed E-state index contributed by atoms with van der Waals surface area (Å²) in [5.74, 6) is 0. The summed E-state index contributed by atoms with van der Waals surface area (Å²) in [6, 6.07) is 5.53. The Labute approximate surface area is 99.8 Å². The molecule has 17 heavy (non-hydrogen) atoms. The Kier molecular flexibility index (Phi) is 3.27. The molecule has 1 aromatic heterocycles. The summed E-state index contributed by atoms with van der Waals surface area (Å²) in [7, 11) is 0. The molecule has 2 N–H and O–H groups in total. The van der Waals surface area contributed by atoms with Crippen molar-refractivity contribution < 1.29 is 4.79 Å². The minimum atomic E-state index is -0.0751. The number of benzene rings is 1. The SMILES string of the molecule is CCN(CC)C(=O)Nc1ccc2nc[nH]c2c1. The molecule has 1 heterocycles. The lowest BCUT2D eigenvalue weighted by atomic mass is 10.3. The zero-order valence-corrected chi connectivity index (χ0v) is 10.0. The highest BCUT2D eigenvalue weighted by atomic mass is 16.2. The normalized spacial score (nSPS) is 10.5. The van der Waals surface area contributed by atoms with Crippen molar-refractivity contribution >= 4 is 22.8 Å². The van der Waals surface area contributed by atoms with E-state index >= 15 is 0 Å². The van der Waals surface area contributed by atoms with E-state index < -0.39 is 0 Å². The average Bonchev–Trinajstić information content (AvgIpc) is 2.77. The van der Waals surface area contributed by atoms with Gasteiger partial charge in [-0.2, -0.15) is 0 Å². The summed E-state index contributed by atoms with van der Waals surface area (Å²) in [6.07, 6.45) is 1.64. The molecule has 0 saturated heterocycles. The molecule has 2 amide bonds. The van der Waals surface area contributed by atoms with Crippen LogP contribution in [0, 0.1) is 0 Å². The fourth-order valence-corrected chi connectivity index (χ4v) is 1.73. The number of carbonyl (C=O) groups is 1. The zero-order valence-electron chi connectivity index (χ0n) is 10.0. The summed E-state index contributed by atoms with van der Waals surface area (Å²) in [5, 5.41) is 2.86. The second kappa shape index (κ2) is 4.86. The number of imidazole rings is 1. The number of H-pyrrole nitrogens is 1. The van der Waals surface area contributed by atoms with Crippen LogP contribution in [0.1, 0.15) is 13.8 Å². The van der Waals surface area contributed by atoms with E-state index in [-0.39, 0.29) is 6.03 Å². The molecule has 0 saturated carbocycles. The number of anilines is 1. The van der Waals surface area contributed by atoms with Crippen molar-refractivity contribution in [3.05, 3.63) is 24.5 Å². The maximum atomic E-state index is 11.8. The number of hydrogen-bond donors (Lipinski definition) is 2. The Balaban J connectivity index is 2.14. The van der Waals surface area contributed by atoms with Gasteiger partial charge in [0.2, 0.25) is 0 Å². The van der Waals surface area contributed by atoms with Gasteiger partial charge in [-0.3, -0.25) is 0 Å². The molecule has 0 unspecified atom stereocenters. The predicted molar refractivity (Wildman–Crippen MR) is 68.0 cm³/mol. The first-order valence-corrected chi connectivity index (χ1v) is 5.73. The topological polar surface area (TPSA) is 61.0 Å². The molecule has 0 fully saturated rings. The van der Waals surface area contributed by atoms with Crippen LogP contribution >= 0.6 is 0 Å². The highest BCUT2D eigenvalue weighted by Gasteiger charge is 2.09. The molecule has 2 rings (SSSR count). The smallest absolute Gasteiger partial charge is 0.321 e. The fraction of sp³-hybridized carbons (Fsp3) is 0.333. The molecule has 1 aromatic carbocycles. The first-order chi connectivity index (χ1) is 8.24. The molecular formula is C12H16N4O. The third-order valence-corrected chi connectivity index (χ3v) is 2.72. The number of rotatable bonds is 3. The van der Waals surface area contributed by atoms with Gasteiger partial charge < -0.3 is 15.2 Å². The van der Waals surface area contributed by atoms with E-state index in [0.717, 1.165) is 16.7 Å². The zero-order chi connectivity index (χ0) is 12.3. The molecule has 0 aliphatic heterocycles. The molecular weight excluding hydrogens is 216 g/mol. The minimum Gasteiger partial charge on any atom is -0.345 e. The predicted octanol–water partition coefficient (Wildman–Crippen LogP) is 2.44. The van der Waals surface area contributed by atoms with Gasteiger partial charge in [0.05, 0.1) is 17.4 Å². The van der Waals surface area contributed by atoms with Crippen LogP contribution in [0.25, 0.3) is 11.0 Å². The van der Waals surface area contributed by atoms with E-state index in [1.165, 1.54) is 0 Å². The van der Waals surface area contributed by atoms with Crippen molar-refractivity contribution in [2.24, 2.45) is 0 Å². The van der Waals surface area contributed by atoms with Crippen LogP contribution in [0.15, 0.2) is 24.5 Å². The monoisotopic (exact) mass is 232 g/mol. The van der Waals surface area contributed by atoms with Gasteiger partial charge in [-0.15, -0.1) is 0 Å². The Morgan fingerprint density at radius 2 is 2.18 bits per heavy atom. The van der Waals surface area contributed by atoms with Crippen LogP contribution in [-0.2, 0) is 0 Å². The summed E-state index contributed by atoms with van der Waals surface area (Å²) in [6.45, 7) is 5.33. The minimum absolute atomic E-state index is 0.0751. The van der Waals surface area contributed by atoms with Crippen molar-refractivity contribution in [1.29, 1.82) is 0 Å². The summed E-state index contributed by atoms with van der Waals surface area (Å²) in [4.78, 5) is 20.7. The number of aromatic nitrogens is 2. The largest absolute Gasteiger partial charge is 0.345 e. The maximum absolute atomic E-state index is 11.8. The van der Waals surface area contributed by atoms with Crippen LogP contribution in [0.5, 0.6) is 0 Å². The van der Waals surface area contributed by atoms with Crippen LogP contribution < -0.4 is 5.32 Å². The molecule has 0 bridgehead atoms. The Morgan fingerprint density at radius 1 is 1.41 bits per heavy atom. The Morgan fingerprint density at radius 3 is 2.88 bits per heavy atom. The third kappa shape index (κ3) is 2.38. The number of fused-ring (bicyclic) bond motifs is 1. The molecule has 0 aliphatic carbocycles. The number of amides is 2. The van der Waals surface area contributed by atoms with Crippen molar-refractivity contribution in [2.75, 3.05) is 18.4 Å². The first kappa shape index (κ1) is 11.4. The van der Waals surface area contributed by atoms with Crippen LogP contribution in [-0.4, -0.2) is 34.0 Å². The van der Waals surface area contributed by atoms with E-state index in [4.69, 9.17) is 0 Å². The second-order valence-corrected chi connectivity index (χ2v) is 3.74. The van der Waals surface area contributed by atoms with Crippen molar-refractivity contribution in [3.8, 4) is 0 Å². The Hall–Kier alpha value is -2.04. The van der Waals surface area contributed by atoms with Gasteiger partial charge in [-0.05, 0) is 32.0 Å². The van der Waals surface area contributed by atoms with Gasteiger partial charge in [0.25, 0.3) is 0 Å². The Bertz CT molecular complexity index is 516. The van der Waals surface area contributed by atoms with E-state index in [1.807, 2.05) is 32.0 Å². The van der Waals surface area contributed by atoms with Crippen molar-refractivity contribution in [1.82, 2.24) is 14.9 Å². The van der Waals surface area contributed by atoms with E-state index in [9.17, 15) is 4.79 Å². The van der Waals surface area contributed by atoms with Gasteiger partial charge in [0.15, 0.2) is 0 Å². The summed E-state index contributed by atoms with van der Waals surface area (Å²) >= 11 is 0. The molecule has 5 heteroatoms. The van der Waals surface area contributed by atoms with Crippen molar-refractivity contribution in [2.45, 2.75) is 13.8 Å². The van der Waals surface area contributed by atoms with Gasteiger partial charge in [-0.25, -0.2) is 9.78 Å². The highest BCUT2D eigenvalue weighted by molar-refractivity contribution is 5.91. The van der Waals surface area contributed by atoms with Crippen LogP contribution in [0.4, 0.5) is 10.5 Å². The summed E-state index contributed by atoms with van der Waals surface area (Å²) in [5.41, 5.74) is 2.59. The quantitative estimate of drug-likeness (QED) is 0.853. The van der Waals surface area contributed by atoms with Crippen molar-refractivity contribution in [3.63, 3.8) is 0 Å². The highest BCUT2D eigenvalue weighted by Crippen LogP contribution is 2.15. The van der Waals surface area contributed by atoms with Gasteiger partial charge in [0, 0.05) is 18.8 Å². The van der Waals surface area contributed by atoms with Gasteiger partial charge in [0.1, 0.15) is 0 Å². The number of carbonyl (C=O) groups excluding carboxylic acids is 1. The second-order valence-electron chi connectivity index (χ2n) is 3.74.